The van der Waals surface area contributed by atoms with Crippen LogP contribution in [-0.2, 0) is 4.79 Å². The second-order valence-corrected chi connectivity index (χ2v) is 4.36. The number of allylic oxidation sites excluding steroid dienone is 2. The molecule has 2 N–H and O–H groups in total. The third-order valence-electron chi connectivity index (χ3n) is 2.79. The molecule has 19 heavy (non-hydrogen) atoms. The molecule has 0 amide bonds. The molecular weight excluding hydrogens is 247 g/mol. The first-order valence-electron chi connectivity index (χ1n) is 6.12. The first-order valence-corrected chi connectivity index (χ1v) is 6.12. The summed E-state index contributed by atoms with van der Waals surface area (Å²) < 4.78 is 12.8. The van der Waals surface area contributed by atoms with Crippen LogP contribution in [0.25, 0.3) is 0 Å². The van der Waals surface area contributed by atoms with E-state index in [4.69, 9.17) is 5.11 Å². The third kappa shape index (κ3) is 4.21. The van der Waals surface area contributed by atoms with Crippen LogP contribution in [-0.4, -0.2) is 23.3 Å². The van der Waals surface area contributed by atoms with E-state index < -0.39 is 5.97 Å². The minimum atomic E-state index is -0.931. The van der Waals surface area contributed by atoms with Crippen molar-refractivity contribution in [3.05, 3.63) is 41.9 Å². The SMILES string of the molecule is O=C(O)CN=C1C=C(Nc2ccc(F)cc2)CCC1. The lowest BCUT2D eigenvalue weighted by molar-refractivity contribution is -0.135. The molecule has 1 aromatic carbocycles. The van der Waals surface area contributed by atoms with Crippen LogP contribution in [0.15, 0.2) is 41.0 Å². The Balaban J connectivity index is 2.05. The van der Waals surface area contributed by atoms with Gasteiger partial charge in [-0.15, -0.1) is 0 Å². The lowest BCUT2D eigenvalue weighted by atomic mass is 10.0. The molecule has 4 nitrogen and oxygen atoms in total. The van der Waals surface area contributed by atoms with Gasteiger partial charge in [0.05, 0.1) is 0 Å². The minimum Gasteiger partial charge on any atom is -0.480 e. The molecule has 0 heterocycles. The number of hydrogen-bond acceptors (Lipinski definition) is 3. The van der Waals surface area contributed by atoms with Crippen molar-refractivity contribution in [3.63, 3.8) is 0 Å². The van der Waals surface area contributed by atoms with Gasteiger partial charge in [0.15, 0.2) is 0 Å². The third-order valence-corrected chi connectivity index (χ3v) is 2.79. The van der Waals surface area contributed by atoms with Gasteiger partial charge in [0.2, 0.25) is 0 Å². The number of benzene rings is 1. The first-order chi connectivity index (χ1) is 9.13. The van der Waals surface area contributed by atoms with Crippen molar-refractivity contribution in [2.24, 2.45) is 4.99 Å². The zero-order chi connectivity index (χ0) is 13.7. The highest BCUT2D eigenvalue weighted by molar-refractivity contribution is 5.97. The van der Waals surface area contributed by atoms with Crippen LogP contribution in [0.2, 0.25) is 0 Å². The zero-order valence-corrected chi connectivity index (χ0v) is 10.4. The molecule has 1 aromatic rings. The number of rotatable bonds is 4. The summed E-state index contributed by atoms with van der Waals surface area (Å²) in [6, 6.07) is 6.12. The van der Waals surface area contributed by atoms with E-state index in [1.165, 1.54) is 12.1 Å². The summed E-state index contributed by atoms with van der Waals surface area (Å²) in [5.41, 5.74) is 2.58. The fraction of sp³-hybridized carbons (Fsp3) is 0.286. The number of carboxylic acids is 1. The number of carbonyl (C=O) groups is 1. The predicted octanol–water partition coefficient (Wildman–Crippen LogP) is 2.83. The van der Waals surface area contributed by atoms with Crippen molar-refractivity contribution >= 4 is 17.4 Å². The van der Waals surface area contributed by atoms with Crippen molar-refractivity contribution in [2.75, 3.05) is 11.9 Å². The topological polar surface area (TPSA) is 61.7 Å². The largest absolute Gasteiger partial charge is 0.480 e. The minimum absolute atomic E-state index is 0.199. The number of aliphatic imine (C=N–C) groups is 1. The van der Waals surface area contributed by atoms with Gasteiger partial charge in [-0.2, -0.15) is 0 Å². The Morgan fingerprint density at radius 3 is 2.74 bits per heavy atom. The van der Waals surface area contributed by atoms with Crippen LogP contribution >= 0.6 is 0 Å². The maximum Gasteiger partial charge on any atom is 0.325 e. The molecular formula is C14H15FN2O2. The maximum absolute atomic E-state index is 12.8. The fourth-order valence-electron chi connectivity index (χ4n) is 1.92. The van der Waals surface area contributed by atoms with E-state index in [0.717, 1.165) is 36.4 Å². The highest BCUT2D eigenvalue weighted by Crippen LogP contribution is 2.19. The summed E-state index contributed by atoms with van der Waals surface area (Å²) in [6.45, 7) is -0.199. The van der Waals surface area contributed by atoms with Gasteiger partial charge in [-0.25, -0.2) is 4.39 Å². The number of carboxylic acid groups (broad SMARTS) is 1. The van der Waals surface area contributed by atoms with E-state index in [1.54, 1.807) is 12.1 Å². The number of nitrogens with zero attached hydrogens (tertiary/aromatic N) is 1. The normalized spacial score (nSPS) is 17.1. The Kier molecular flexibility index (Phi) is 4.28. The Morgan fingerprint density at radius 2 is 2.05 bits per heavy atom. The van der Waals surface area contributed by atoms with Crippen LogP contribution in [0.4, 0.5) is 10.1 Å². The van der Waals surface area contributed by atoms with Gasteiger partial charge in [0.25, 0.3) is 0 Å². The summed E-state index contributed by atoms with van der Waals surface area (Å²) in [7, 11) is 0. The molecule has 0 saturated carbocycles. The van der Waals surface area contributed by atoms with Crippen LogP contribution in [0.3, 0.4) is 0 Å². The maximum atomic E-state index is 12.8. The molecule has 0 bridgehead atoms. The number of hydrogen-bond donors (Lipinski definition) is 2. The Labute approximate surface area is 110 Å². The van der Waals surface area contributed by atoms with Crippen molar-refractivity contribution in [3.8, 4) is 0 Å². The Bertz CT molecular complexity index is 521. The molecule has 0 aromatic heterocycles. The number of nitrogens with one attached hydrogen (secondary N) is 1. The smallest absolute Gasteiger partial charge is 0.325 e. The van der Waals surface area contributed by atoms with Gasteiger partial charge in [0, 0.05) is 17.1 Å². The average molecular weight is 262 g/mol. The van der Waals surface area contributed by atoms with Crippen LogP contribution in [0.5, 0.6) is 0 Å². The standard InChI is InChI=1S/C14H15FN2O2/c15-10-4-6-11(7-5-10)17-13-3-1-2-12(8-13)16-9-14(18)19/h4-8,17H,1-3,9H2,(H,18,19). The van der Waals surface area contributed by atoms with Gasteiger partial charge >= 0.3 is 5.97 Å². The van der Waals surface area contributed by atoms with Gasteiger partial charge < -0.3 is 10.4 Å². The van der Waals surface area contributed by atoms with Crippen LogP contribution < -0.4 is 5.32 Å². The Hall–Kier alpha value is -2.17. The molecule has 1 aliphatic rings. The number of halogens is 1. The Morgan fingerprint density at radius 1 is 1.32 bits per heavy atom. The molecule has 0 atom stereocenters. The van der Waals surface area contributed by atoms with E-state index in [0.29, 0.717) is 0 Å². The molecule has 0 aliphatic heterocycles. The molecule has 0 unspecified atom stereocenters. The summed E-state index contributed by atoms with van der Waals surface area (Å²) in [6.07, 6.45) is 4.47. The monoisotopic (exact) mass is 262 g/mol. The van der Waals surface area contributed by atoms with E-state index >= 15 is 0 Å². The second-order valence-electron chi connectivity index (χ2n) is 4.36. The molecule has 0 fully saturated rings. The van der Waals surface area contributed by atoms with Crippen molar-refractivity contribution < 1.29 is 14.3 Å². The van der Waals surface area contributed by atoms with Crippen LogP contribution in [0, 0.1) is 5.82 Å². The molecule has 100 valence electrons. The molecule has 2 rings (SSSR count). The predicted molar refractivity (Wildman–Crippen MR) is 71.9 cm³/mol. The number of aliphatic carboxylic acids is 1. The zero-order valence-electron chi connectivity index (χ0n) is 10.4. The summed E-state index contributed by atoms with van der Waals surface area (Å²) >= 11 is 0. The summed E-state index contributed by atoms with van der Waals surface area (Å²) in [4.78, 5) is 14.5. The highest BCUT2D eigenvalue weighted by atomic mass is 19.1. The van der Waals surface area contributed by atoms with E-state index in [1.807, 2.05) is 6.08 Å². The first kappa shape index (κ1) is 13.3. The van der Waals surface area contributed by atoms with Crippen molar-refractivity contribution in [1.29, 1.82) is 0 Å². The summed E-state index contributed by atoms with van der Waals surface area (Å²) in [5, 5.41) is 11.8. The van der Waals surface area contributed by atoms with E-state index in [2.05, 4.69) is 10.3 Å². The molecule has 5 heteroatoms. The lowest BCUT2D eigenvalue weighted by Gasteiger charge is -2.16. The van der Waals surface area contributed by atoms with Crippen molar-refractivity contribution in [2.45, 2.75) is 19.3 Å². The number of anilines is 1. The average Bonchev–Trinajstić information content (AvgIpc) is 2.40. The van der Waals surface area contributed by atoms with Gasteiger partial charge in [-0.1, -0.05) is 0 Å². The molecule has 0 spiro atoms. The lowest BCUT2D eigenvalue weighted by Crippen LogP contribution is -2.11. The van der Waals surface area contributed by atoms with Gasteiger partial charge in [-0.3, -0.25) is 9.79 Å². The fourth-order valence-corrected chi connectivity index (χ4v) is 1.92. The van der Waals surface area contributed by atoms with Gasteiger partial charge in [0.1, 0.15) is 12.4 Å². The van der Waals surface area contributed by atoms with Gasteiger partial charge in [-0.05, 0) is 49.6 Å². The highest BCUT2D eigenvalue weighted by Gasteiger charge is 2.09. The van der Waals surface area contributed by atoms with E-state index in [9.17, 15) is 9.18 Å². The summed E-state index contributed by atoms with van der Waals surface area (Å²) in [5.74, 6) is -1.20. The van der Waals surface area contributed by atoms with E-state index in [-0.39, 0.29) is 12.4 Å². The molecule has 0 saturated heterocycles. The molecule has 1 aliphatic carbocycles. The quantitative estimate of drug-likeness (QED) is 0.877. The van der Waals surface area contributed by atoms with Crippen LogP contribution in [0.1, 0.15) is 19.3 Å². The van der Waals surface area contributed by atoms with Crippen molar-refractivity contribution in [1.82, 2.24) is 0 Å². The molecule has 0 radical (unpaired) electrons. The second kappa shape index (κ2) is 6.13.